The summed E-state index contributed by atoms with van der Waals surface area (Å²) in [4.78, 5) is 35.6. The van der Waals surface area contributed by atoms with Gasteiger partial charge in [-0.3, -0.25) is 14.5 Å². The van der Waals surface area contributed by atoms with Crippen LogP contribution in [0.1, 0.15) is 46.7 Å². The van der Waals surface area contributed by atoms with Crippen molar-refractivity contribution in [1.82, 2.24) is 24.6 Å². The van der Waals surface area contributed by atoms with Crippen molar-refractivity contribution >= 4 is 17.5 Å². The molecule has 0 aliphatic carbocycles. The Labute approximate surface area is 205 Å². The lowest BCUT2D eigenvalue weighted by Crippen LogP contribution is -2.40. The zero-order valence-electron chi connectivity index (χ0n) is 20.8. The van der Waals surface area contributed by atoms with Gasteiger partial charge in [-0.2, -0.15) is 5.10 Å². The molecule has 9 heteroatoms. The van der Waals surface area contributed by atoms with Gasteiger partial charge in [0.2, 0.25) is 11.8 Å². The van der Waals surface area contributed by atoms with Crippen molar-refractivity contribution in [2.75, 3.05) is 18.4 Å². The second-order valence-corrected chi connectivity index (χ2v) is 9.41. The van der Waals surface area contributed by atoms with Gasteiger partial charge in [0.1, 0.15) is 0 Å². The number of rotatable bonds is 7. The van der Waals surface area contributed by atoms with Crippen LogP contribution in [0.25, 0.3) is 5.95 Å². The SMILES string of the molecule is Cc1cc(C)nc(-n2nc(C)c(CC(=O)Nc3ccc(CN4CCC[C@@H](C(N)=O)C4)cc3)c2C)n1. The van der Waals surface area contributed by atoms with Crippen LogP contribution in [-0.2, 0) is 22.6 Å². The van der Waals surface area contributed by atoms with E-state index >= 15 is 0 Å². The van der Waals surface area contributed by atoms with Crippen LogP contribution in [0, 0.1) is 33.6 Å². The molecule has 1 aromatic carbocycles. The Balaban J connectivity index is 1.38. The van der Waals surface area contributed by atoms with Gasteiger partial charge in [0.05, 0.1) is 18.0 Å². The highest BCUT2D eigenvalue weighted by molar-refractivity contribution is 5.92. The number of carbonyl (C=O) groups is 2. The number of piperidine rings is 1. The first-order valence-electron chi connectivity index (χ1n) is 12.0. The Bertz CT molecular complexity index is 1210. The van der Waals surface area contributed by atoms with Gasteiger partial charge in [0.25, 0.3) is 5.95 Å². The van der Waals surface area contributed by atoms with Crippen LogP contribution >= 0.6 is 0 Å². The predicted molar refractivity (Wildman–Crippen MR) is 134 cm³/mol. The third-order valence-electron chi connectivity index (χ3n) is 6.49. The number of amides is 2. The average molecular weight is 476 g/mol. The van der Waals surface area contributed by atoms with E-state index in [1.165, 1.54) is 0 Å². The lowest BCUT2D eigenvalue weighted by atomic mass is 9.97. The summed E-state index contributed by atoms with van der Waals surface area (Å²) in [6.07, 6.45) is 2.06. The summed E-state index contributed by atoms with van der Waals surface area (Å²) in [5.41, 5.74) is 11.6. The molecule has 1 atom stereocenters. The first-order valence-corrected chi connectivity index (χ1v) is 12.0. The number of likely N-dealkylation sites (tertiary alicyclic amines) is 1. The molecule has 3 aromatic rings. The first-order chi connectivity index (χ1) is 16.7. The Morgan fingerprint density at radius 1 is 1.09 bits per heavy atom. The molecular weight excluding hydrogens is 442 g/mol. The lowest BCUT2D eigenvalue weighted by Gasteiger charge is -2.31. The minimum Gasteiger partial charge on any atom is -0.369 e. The monoisotopic (exact) mass is 475 g/mol. The molecule has 3 heterocycles. The van der Waals surface area contributed by atoms with Crippen LogP contribution in [0.15, 0.2) is 30.3 Å². The summed E-state index contributed by atoms with van der Waals surface area (Å²) in [6.45, 7) is 10.1. The first kappa shape index (κ1) is 24.5. The number of anilines is 1. The van der Waals surface area contributed by atoms with Gasteiger partial charge < -0.3 is 11.1 Å². The van der Waals surface area contributed by atoms with Crippen LogP contribution in [0.4, 0.5) is 5.69 Å². The quantitative estimate of drug-likeness (QED) is 0.542. The lowest BCUT2D eigenvalue weighted by molar-refractivity contribution is -0.123. The zero-order valence-corrected chi connectivity index (χ0v) is 20.8. The molecule has 9 nitrogen and oxygen atoms in total. The fourth-order valence-electron chi connectivity index (χ4n) is 4.68. The van der Waals surface area contributed by atoms with E-state index in [1.54, 1.807) is 4.68 Å². The fourth-order valence-corrected chi connectivity index (χ4v) is 4.68. The topological polar surface area (TPSA) is 119 Å². The van der Waals surface area contributed by atoms with Crippen molar-refractivity contribution in [2.24, 2.45) is 11.7 Å². The Morgan fingerprint density at radius 2 is 1.77 bits per heavy atom. The molecular formula is C26H33N7O2. The number of aromatic nitrogens is 4. The van der Waals surface area contributed by atoms with E-state index in [-0.39, 0.29) is 24.2 Å². The smallest absolute Gasteiger partial charge is 0.251 e. The minimum absolute atomic E-state index is 0.0694. The molecule has 1 fully saturated rings. The number of hydrogen-bond donors (Lipinski definition) is 2. The van der Waals surface area contributed by atoms with E-state index in [2.05, 4.69) is 25.3 Å². The Morgan fingerprint density at radius 3 is 2.43 bits per heavy atom. The molecule has 0 bridgehead atoms. The number of nitrogens with zero attached hydrogens (tertiary/aromatic N) is 5. The molecule has 35 heavy (non-hydrogen) atoms. The third kappa shape index (κ3) is 5.92. The van der Waals surface area contributed by atoms with Crippen LogP contribution < -0.4 is 11.1 Å². The van der Waals surface area contributed by atoms with E-state index in [4.69, 9.17) is 5.73 Å². The summed E-state index contributed by atoms with van der Waals surface area (Å²) in [5, 5.41) is 7.57. The molecule has 0 radical (unpaired) electrons. The second-order valence-electron chi connectivity index (χ2n) is 9.41. The second kappa shape index (κ2) is 10.4. The number of carbonyl (C=O) groups excluding carboxylic acids is 2. The minimum atomic E-state index is -0.217. The summed E-state index contributed by atoms with van der Waals surface area (Å²) in [6, 6.07) is 9.76. The molecule has 2 aromatic heterocycles. The maximum atomic E-state index is 12.8. The van der Waals surface area contributed by atoms with Crippen molar-refractivity contribution < 1.29 is 9.59 Å². The maximum absolute atomic E-state index is 12.8. The summed E-state index contributed by atoms with van der Waals surface area (Å²) in [7, 11) is 0. The number of nitrogens with one attached hydrogen (secondary N) is 1. The highest BCUT2D eigenvalue weighted by Crippen LogP contribution is 2.20. The molecule has 0 unspecified atom stereocenters. The summed E-state index contributed by atoms with van der Waals surface area (Å²) < 4.78 is 1.70. The van der Waals surface area contributed by atoms with Crippen molar-refractivity contribution in [1.29, 1.82) is 0 Å². The largest absolute Gasteiger partial charge is 0.369 e. The predicted octanol–water partition coefficient (Wildman–Crippen LogP) is 2.77. The van der Waals surface area contributed by atoms with Gasteiger partial charge in [0, 0.05) is 41.4 Å². The maximum Gasteiger partial charge on any atom is 0.251 e. The van der Waals surface area contributed by atoms with E-state index in [9.17, 15) is 9.59 Å². The number of aryl methyl sites for hydroxylation is 3. The number of primary amides is 1. The third-order valence-corrected chi connectivity index (χ3v) is 6.49. The van der Waals surface area contributed by atoms with Crippen molar-refractivity contribution in [2.45, 2.75) is 53.5 Å². The van der Waals surface area contributed by atoms with Crippen LogP contribution in [-0.4, -0.2) is 49.6 Å². The summed E-state index contributed by atoms with van der Waals surface area (Å²) >= 11 is 0. The van der Waals surface area contributed by atoms with Gasteiger partial charge in [-0.15, -0.1) is 0 Å². The van der Waals surface area contributed by atoms with E-state index < -0.39 is 0 Å². The van der Waals surface area contributed by atoms with Gasteiger partial charge in [0.15, 0.2) is 0 Å². The zero-order chi connectivity index (χ0) is 25.1. The van der Waals surface area contributed by atoms with Gasteiger partial charge >= 0.3 is 0 Å². The molecule has 4 rings (SSSR count). The Hall–Kier alpha value is -3.59. The van der Waals surface area contributed by atoms with Gasteiger partial charge in [-0.05, 0) is 70.8 Å². The number of nitrogens with two attached hydrogens (primary N) is 1. The normalized spacial score (nSPS) is 16.3. The number of hydrogen-bond acceptors (Lipinski definition) is 6. The molecule has 1 aliphatic heterocycles. The number of benzene rings is 1. The van der Waals surface area contributed by atoms with E-state index in [0.717, 1.165) is 65.5 Å². The van der Waals surface area contributed by atoms with Crippen LogP contribution in [0.2, 0.25) is 0 Å². The molecule has 184 valence electrons. The standard InChI is InChI=1S/C26H33N7O2/c1-16-12-17(2)29-26(28-16)33-19(4)23(18(3)31-33)13-24(34)30-22-9-7-20(8-10-22)14-32-11-5-6-21(15-32)25(27)35/h7-10,12,21H,5-6,11,13-15H2,1-4H3,(H2,27,35)(H,30,34)/t21-/m1/s1. The van der Waals surface area contributed by atoms with Crippen molar-refractivity contribution in [3.63, 3.8) is 0 Å². The molecule has 1 aliphatic rings. The molecule has 2 amide bonds. The Kier molecular flexibility index (Phi) is 7.25. The highest BCUT2D eigenvalue weighted by Gasteiger charge is 2.24. The molecule has 0 saturated carbocycles. The molecule has 0 spiro atoms. The average Bonchev–Trinajstić information content (AvgIpc) is 3.08. The van der Waals surface area contributed by atoms with Crippen LogP contribution in [0.3, 0.4) is 0 Å². The van der Waals surface area contributed by atoms with Crippen molar-refractivity contribution in [3.8, 4) is 5.95 Å². The van der Waals surface area contributed by atoms with Gasteiger partial charge in [-0.25, -0.2) is 14.6 Å². The highest BCUT2D eigenvalue weighted by atomic mass is 16.2. The van der Waals surface area contributed by atoms with Gasteiger partial charge in [-0.1, -0.05) is 12.1 Å². The fraction of sp³-hybridized carbons (Fsp3) is 0.423. The van der Waals surface area contributed by atoms with Crippen LogP contribution in [0.5, 0.6) is 0 Å². The van der Waals surface area contributed by atoms with E-state index in [1.807, 2.05) is 58.0 Å². The van der Waals surface area contributed by atoms with E-state index in [0.29, 0.717) is 12.5 Å². The molecule has 1 saturated heterocycles. The van der Waals surface area contributed by atoms with Crippen molar-refractivity contribution in [3.05, 3.63) is 64.2 Å². The summed E-state index contributed by atoms with van der Waals surface area (Å²) in [5.74, 6) is 0.122. The molecule has 3 N–H and O–H groups in total.